The van der Waals surface area contributed by atoms with E-state index in [1.807, 2.05) is 0 Å². The Morgan fingerprint density at radius 3 is 2.78 bits per heavy atom. The number of nitrogen functional groups attached to an aromatic ring is 1. The van der Waals surface area contributed by atoms with Gasteiger partial charge in [-0.2, -0.15) is 5.26 Å². The molecule has 124 valence electrons. The first-order valence-corrected chi connectivity index (χ1v) is 7.85. The highest BCUT2D eigenvalue weighted by Gasteiger charge is 2.23. The molecule has 1 aromatic carbocycles. The predicted octanol–water partition coefficient (Wildman–Crippen LogP) is 1.84. The van der Waals surface area contributed by atoms with Crippen LogP contribution in [-0.4, -0.2) is 32.3 Å². The number of nitrogens with one attached hydrogen (secondary N) is 1. The summed E-state index contributed by atoms with van der Waals surface area (Å²) in [5.41, 5.74) is 6.65. The largest absolute Gasteiger partial charge is 0.489 e. The number of nitrogens with zero attached hydrogens (tertiary/aromatic N) is 1. The first kappa shape index (κ1) is 17.1. The first-order chi connectivity index (χ1) is 11.1. The lowest BCUT2D eigenvalue weighted by Gasteiger charge is -2.29. The number of nitriles is 1. The Hall–Kier alpha value is -2.26. The number of carbonyl (C=O) groups is 1. The average Bonchev–Trinajstić information content (AvgIpc) is 2.55. The summed E-state index contributed by atoms with van der Waals surface area (Å²) in [5.74, 6) is 0.945. The van der Waals surface area contributed by atoms with E-state index in [0.717, 1.165) is 25.7 Å². The number of rotatable bonds is 6. The minimum atomic E-state index is -0.0794. The molecular formula is C17H23N3O3. The van der Waals surface area contributed by atoms with Crippen molar-refractivity contribution in [2.45, 2.75) is 31.8 Å². The Morgan fingerprint density at radius 1 is 1.39 bits per heavy atom. The van der Waals surface area contributed by atoms with Gasteiger partial charge < -0.3 is 20.5 Å². The van der Waals surface area contributed by atoms with Crippen LogP contribution in [0.1, 0.15) is 31.2 Å². The number of methoxy groups -OCH3 is 1. The zero-order valence-electron chi connectivity index (χ0n) is 13.4. The standard InChI is InChI=1S/C17H23N3O3/c1-22-11-17(21)20-10-12-5-7-13(8-6-12)23-16-4-2-3-15(19)14(16)9-18/h2-4,12-13H,5-8,10-11,19H2,1H3,(H,20,21)/t12-,13-. The SMILES string of the molecule is COCC(=O)NC[C@H]1CC[C@H](Oc2cccc(N)c2C#N)CC1. The molecule has 1 amide bonds. The minimum absolute atomic E-state index is 0.0794. The molecule has 0 aliphatic heterocycles. The monoisotopic (exact) mass is 317 g/mol. The van der Waals surface area contributed by atoms with Gasteiger partial charge in [-0.05, 0) is 43.7 Å². The van der Waals surface area contributed by atoms with Gasteiger partial charge in [0.05, 0.1) is 11.8 Å². The first-order valence-electron chi connectivity index (χ1n) is 7.85. The van der Waals surface area contributed by atoms with Crippen molar-refractivity contribution in [3.05, 3.63) is 23.8 Å². The molecule has 6 heteroatoms. The van der Waals surface area contributed by atoms with Crippen molar-refractivity contribution in [3.8, 4) is 11.8 Å². The van der Waals surface area contributed by atoms with Crippen LogP contribution in [-0.2, 0) is 9.53 Å². The predicted molar refractivity (Wildman–Crippen MR) is 86.8 cm³/mol. The van der Waals surface area contributed by atoms with Crippen LogP contribution >= 0.6 is 0 Å². The molecule has 6 nitrogen and oxygen atoms in total. The van der Waals surface area contributed by atoms with E-state index in [1.165, 1.54) is 7.11 Å². The number of carbonyl (C=O) groups excluding carboxylic acids is 1. The number of amides is 1. The highest BCUT2D eigenvalue weighted by Crippen LogP contribution is 2.30. The minimum Gasteiger partial charge on any atom is -0.489 e. The highest BCUT2D eigenvalue weighted by molar-refractivity contribution is 5.77. The molecule has 0 spiro atoms. The molecule has 0 radical (unpaired) electrons. The Bertz CT molecular complexity index is 575. The van der Waals surface area contributed by atoms with Crippen LogP contribution in [0, 0.1) is 17.2 Å². The summed E-state index contributed by atoms with van der Waals surface area (Å²) in [7, 11) is 1.51. The molecule has 1 aliphatic carbocycles. The van der Waals surface area contributed by atoms with E-state index in [9.17, 15) is 10.1 Å². The van der Waals surface area contributed by atoms with Gasteiger partial charge in [0.25, 0.3) is 0 Å². The summed E-state index contributed by atoms with van der Waals surface area (Å²) >= 11 is 0. The smallest absolute Gasteiger partial charge is 0.245 e. The molecule has 1 saturated carbocycles. The van der Waals surface area contributed by atoms with Crippen LogP contribution in [0.3, 0.4) is 0 Å². The number of benzene rings is 1. The van der Waals surface area contributed by atoms with E-state index in [-0.39, 0.29) is 18.6 Å². The number of ether oxygens (including phenoxy) is 2. The summed E-state index contributed by atoms with van der Waals surface area (Å²) < 4.78 is 10.8. The fourth-order valence-electron chi connectivity index (χ4n) is 2.84. The fourth-order valence-corrected chi connectivity index (χ4v) is 2.84. The summed E-state index contributed by atoms with van der Waals surface area (Å²) in [6, 6.07) is 7.37. The zero-order valence-corrected chi connectivity index (χ0v) is 13.4. The molecule has 3 N–H and O–H groups in total. The third kappa shape index (κ3) is 4.86. The quantitative estimate of drug-likeness (QED) is 0.780. The Labute approximate surface area is 136 Å². The molecule has 0 unspecified atom stereocenters. The van der Waals surface area contributed by atoms with Gasteiger partial charge in [0.1, 0.15) is 24.0 Å². The fraction of sp³-hybridized carbons (Fsp3) is 0.529. The Morgan fingerprint density at radius 2 is 2.13 bits per heavy atom. The van der Waals surface area contributed by atoms with Gasteiger partial charge in [-0.15, -0.1) is 0 Å². The maximum Gasteiger partial charge on any atom is 0.245 e. The van der Waals surface area contributed by atoms with E-state index in [0.29, 0.717) is 29.5 Å². The second kappa shape index (κ2) is 8.39. The van der Waals surface area contributed by atoms with Gasteiger partial charge >= 0.3 is 0 Å². The third-order valence-corrected chi connectivity index (χ3v) is 4.12. The van der Waals surface area contributed by atoms with Crippen LogP contribution < -0.4 is 15.8 Å². The van der Waals surface area contributed by atoms with Crippen molar-refractivity contribution >= 4 is 11.6 Å². The Kier molecular flexibility index (Phi) is 6.24. The van der Waals surface area contributed by atoms with Gasteiger partial charge in [0, 0.05) is 13.7 Å². The van der Waals surface area contributed by atoms with Gasteiger partial charge in [-0.3, -0.25) is 4.79 Å². The molecule has 0 bridgehead atoms. The molecule has 0 aromatic heterocycles. The average molecular weight is 317 g/mol. The van der Waals surface area contributed by atoms with Crippen molar-refractivity contribution in [2.75, 3.05) is 26.0 Å². The molecule has 1 fully saturated rings. The maximum atomic E-state index is 11.4. The van der Waals surface area contributed by atoms with Crippen molar-refractivity contribution in [1.29, 1.82) is 5.26 Å². The van der Waals surface area contributed by atoms with Crippen molar-refractivity contribution in [2.24, 2.45) is 5.92 Å². The molecular weight excluding hydrogens is 294 g/mol. The van der Waals surface area contributed by atoms with E-state index < -0.39 is 0 Å². The molecule has 0 saturated heterocycles. The van der Waals surface area contributed by atoms with Crippen molar-refractivity contribution in [3.63, 3.8) is 0 Å². The molecule has 0 atom stereocenters. The Balaban J connectivity index is 1.80. The lowest BCUT2D eigenvalue weighted by Crippen LogP contribution is -2.35. The summed E-state index contributed by atoms with van der Waals surface area (Å²) in [6.07, 6.45) is 3.88. The molecule has 23 heavy (non-hydrogen) atoms. The summed E-state index contributed by atoms with van der Waals surface area (Å²) in [4.78, 5) is 11.4. The van der Waals surface area contributed by atoms with Gasteiger partial charge in [-0.1, -0.05) is 6.07 Å². The van der Waals surface area contributed by atoms with Crippen molar-refractivity contribution < 1.29 is 14.3 Å². The van der Waals surface area contributed by atoms with E-state index in [4.69, 9.17) is 15.2 Å². The maximum absolute atomic E-state index is 11.4. The van der Waals surface area contributed by atoms with E-state index >= 15 is 0 Å². The molecule has 0 heterocycles. The topological polar surface area (TPSA) is 97.4 Å². The zero-order chi connectivity index (χ0) is 16.7. The molecule has 1 aliphatic rings. The van der Waals surface area contributed by atoms with Crippen LogP contribution in [0.2, 0.25) is 0 Å². The van der Waals surface area contributed by atoms with Crippen LogP contribution in [0.5, 0.6) is 5.75 Å². The van der Waals surface area contributed by atoms with Crippen LogP contribution in [0.25, 0.3) is 0 Å². The molecule has 1 aromatic rings. The van der Waals surface area contributed by atoms with Crippen molar-refractivity contribution in [1.82, 2.24) is 5.32 Å². The van der Waals surface area contributed by atoms with E-state index in [2.05, 4.69) is 11.4 Å². The lowest BCUT2D eigenvalue weighted by atomic mass is 9.87. The second-order valence-corrected chi connectivity index (χ2v) is 5.83. The summed E-state index contributed by atoms with van der Waals surface area (Å²) in [6.45, 7) is 0.779. The number of hydrogen-bond donors (Lipinski definition) is 2. The number of anilines is 1. The highest BCUT2D eigenvalue weighted by atomic mass is 16.5. The van der Waals surface area contributed by atoms with Gasteiger partial charge in [0.2, 0.25) is 5.91 Å². The second-order valence-electron chi connectivity index (χ2n) is 5.83. The van der Waals surface area contributed by atoms with Gasteiger partial charge in [0.15, 0.2) is 0 Å². The summed E-state index contributed by atoms with van der Waals surface area (Å²) in [5, 5.41) is 12.1. The van der Waals surface area contributed by atoms with Crippen LogP contribution in [0.15, 0.2) is 18.2 Å². The van der Waals surface area contributed by atoms with Gasteiger partial charge in [-0.25, -0.2) is 0 Å². The number of hydrogen-bond acceptors (Lipinski definition) is 5. The third-order valence-electron chi connectivity index (χ3n) is 4.12. The lowest BCUT2D eigenvalue weighted by molar-refractivity contribution is -0.124. The number of nitrogens with two attached hydrogens (primary N) is 1. The van der Waals surface area contributed by atoms with Crippen LogP contribution in [0.4, 0.5) is 5.69 Å². The molecule has 2 rings (SSSR count). The normalized spacial score (nSPS) is 20.5. The van der Waals surface area contributed by atoms with E-state index in [1.54, 1.807) is 18.2 Å².